The first-order valence-electron chi connectivity index (χ1n) is 5.56. The van der Waals surface area contributed by atoms with Crippen LogP contribution in [0.4, 0.5) is 0 Å². The summed E-state index contributed by atoms with van der Waals surface area (Å²) < 4.78 is 6.24. The van der Waals surface area contributed by atoms with Gasteiger partial charge in [-0.15, -0.1) is 0 Å². The highest BCUT2D eigenvalue weighted by Gasteiger charge is 2.16. The second-order valence-electron chi connectivity index (χ2n) is 4.10. The molecule has 0 aliphatic heterocycles. The Labute approximate surface area is 97.8 Å². The summed E-state index contributed by atoms with van der Waals surface area (Å²) in [5.74, 6) is 0.588. The molecular weight excluding hydrogens is 222 g/mol. The van der Waals surface area contributed by atoms with Gasteiger partial charge in [0.25, 0.3) is 5.56 Å². The molecule has 0 aromatic carbocycles. The molecule has 6 nitrogen and oxygen atoms in total. The van der Waals surface area contributed by atoms with Gasteiger partial charge in [-0.25, -0.2) is 4.68 Å². The van der Waals surface area contributed by atoms with Gasteiger partial charge in [-0.1, -0.05) is 12.1 Å². The van der Waals surface area contributed by atoms with Gasteiger partial charge in [0.15, 0.2) is 5.52 Å². The van der Waals surface area contributed by atoms with Crippen LogP contribution in [0, 0.1) is 13.8 Å². The van der Waals surface area contributed by atoms with Gasteiger partial charge in [-0.3, -0.25) is 4.79 Å². The number of rotatable bonds is 3. The summed E-state index contributed by atoms with van der Waals surface area (Å²) in [5.41, 5.74) is 0.634. The zero-order valence-electron chi connectivity index (χ0n) is 10.1. The van der Waals surface area contributed by atoms with Crippen LogP contribution >= 0.6 is 0 Å². The third-order valence-corrected chi connectivity index (χ3v) is 2.79. The third kappa shape index (κ3) is 1.95. The number of hydrogen-bond acceptors (Lipinski definition) is 5. The predicted molar refractivity (Wildman–Crippen MR) is 61.8 cm³/mol. The molecule has 0 radical (unpaired) electrons. The standard InChI is InChI=1S/C11H15N3O3/c1-4-8(15)5-14-11(16)10-9(6(2)12-14)7(3)17-13-10/h8,15H,4-5H2,1-3H3/t8-/m1/s1. The summed E-state index contributed by atoms with van der Waals surface area (Å²) in [4.78, 5) is 12.0. The van der Waals surface area contributed by atoms with Gasteiger partial charge >= 0.3 is 0 Å². The molecule has 92 valence electrons. The molecule has 0 saturated carbocycles. The fraction of sp³-hybridized carbons (Fsp3) is 0.545. The lowest BCUT2D eigenvalue weighted by Crippen LogP contribution is -2.29. The monoisotopic (exact) mass is 237 g/mol. The smallest absolute Gasteiger partial charge is 0.296 e. The Balaban J connectivity index is 2.60. The number of aryl methyl sites for hydroxylation is 2. The van der Waals surface area contributed by atoms with Crippen molar-refractivity contribution in [3.8, 4) is 0 Å². The fourth-order valence-corrected chi connectivity index (χ4v) is 1.80. The van der Waals surface area contributed by atoms with E-state index >= 15 is 0 Å². The summed E-state index contributed by atoms with van der Waals surface area (Å²) in [7, 11) is 0. The van der Waals surface area contributed by atoms with E-state index in [9.17, 15) is 9.90 Å². The zero-order chi connectivity index (χ0) is 12.6. The molecule has 0 unspecified atom stereocenters. The van der Waals surface area contributed by atoms with Crippen LogP contribution in [0.5, 0.6) is 0 Å². The molecule has 2 aromatic heterocycles. The Hall–Kier alpha value is -1.69. The van der Waals surface area contributed by atoms with Crippen molar-refractivity contribution < 1.29 is 9.63 Å². The largest absolute Gasteiger partial charge is 0.391 e. The Kier molecular flexibility index (Phi) is 2.97. The van der Waals surface area contributed by atoms with Crippen molar-refractivity contribution in [1.82, 2.24) is 14.9 Å². The number of aliphatic hydroxyl groups is 1. The van der Waals surface area contributed by atoms with E-state index in [-0.39, 0.29) is 17.6 Å². The first-order valence-corrected chi connectivity index (χ1v) is 5.56. The van der Waals surface area contributed by atoms with Gasteiger partial charge in [0.1, 0.15) is 5.76 Å². The molecule has 0 fully saturated rings. The van der Waals surface area contributed by atoms with Crippen LogP contribution in [0.3, 0.4) is 0 Å². The minimum absolute atomic E-state index is 0.179. The van der Waals surface area contributed by atoms with Crippen molar-refractivity contribution in [2.45, 2.75) is 39.8 Å². The van der Waals surface area contributed by atoms with Crippen LogP contribution < -0.4 is 5.56 Å². The van der Waals surface area contributed by atoms with E-state index < -0.39 is 6.10 Å². The number of aromatic nitrogens is 3. The molecule has 2 aromatic rings. The first-order chi connectivity index (χ1) is 8.04. The first kappa shape index (κ1) is 11.8. The van der Waals surface area contributed by atoms with E-state index in [4.69, 9.17) is 4.52 Å². The number of aliphatic hydroxyl groups excluding tert-OH is 1. The van der Waals surface area contributed by atoms with Crippen LogP contribution in [0.1, 0.15) is 24.8 Å². The maximum Gasteiger partial charge on any atom is 0.296 e. The minimum Gasteiger partial charge on any atom is -0.391 e. The maximum atomic E-state index is 12.0. The SMILES string of the molecule is CC[C@@H](O)Cn1nc(C)c2c(C)onc2c1=O. The Morgan fingerprint density at radius 2 is 2.18 bits per heavy atom. The van der Waals surface area contributed by atoms with Crippen LogP contribution in [0.2, 0.25) is 0 Å². The molecule has 1 atom stereocenters. The average Bonchev–Trinajstić information content (AvgIpc) is 2.68. The molecular formula is C11H15N3O3. The Bertz CT molecular complexity index is 600. The highest BCUT2D eigenvalue weighted by Crippen LogP contribution is 2.16. The van der Waals surface area contributed by atoms with Crippen molar-refractivity contribution in [3.05, 3.63) is 21.8 Å². The van der Waals surface area contributed by atoms with E-state index in [0.717, 1.165) is 0 Å². The highest BCUT2D eigenvalue weighted by atomic mass is 16.5. The van der Waals surface area contributed by atoms with Crippen LogP contribution in [0.25, 0.3) is 10.9 Å². The molecule has 0 spiro atoms. The third-order valence-electron chi connectivity index (χ3n) is 2.79. The normalized spacial score (nSPS) is 13.2. The molecule has 1 N–H and O–H groups in total. The summed E-state index contributed by atoms with van der Waals surface area (Å²) in [6.07, 6.45) is -0.00619. The second kappa shape index (κ2) is 4.29. The van der Waals surface area contributed by atoms with Crippen LogP contribution in [0.15, 0.2) is 9.32 Å². The van der Waals surface area contributed by atoms with E-state index in [2.05, 4.69) is 10.3 Å². The van der Waals surface area contributed by atoms with Gasteiger partial charge in [0, 0.05) is 0 Å². The van der Waals surface area contributed by atoms with Gasteiger partial charge in [0.2, 0.25) is 0 Å². The van der Waals surface area contributed by atoms with Crippen molar-refractivity contribution in [3.63, 3.8) is 0 Å². The number of hydrogen-bond donors (Lipinski definition) is 1. The van der Waals surface area contributed by atoms with Crippen molar-refractivity contribution in [1.29, 1.82) is 0 Å². The molecule has 0 bridgehead atoms. The summed E-state index contributed by atoms with van der Waals surface area (Å²) in [5, 5.41) is 18.1. The fourth-order valence-electron chi connectivity index (χ4n) is 1.80. The quantitative estimate of drug-likeness (QED) is 0.852. The molecule has 0 aliphatic carbocycles. The van der Waals surface area contributed by atoms with Crippen molar-refractivity contribution in [2.75, 3.05) is 0 Å². The predicted octanol–water partition coefficient (Wildman–Crippen LogP) is 0.772. The average molecular weight is 237 g/mol. The Morgan fingerprint density at radius 3 is 2.82 bits per heavy atom. The van der Waals surface area contributed by atoms with Gasteiger partial charge in [-0.2, -0.15) is 5.10 Å². The molecule has 17 heavy (non-hydrogen) atoms. The lowest BCUT2D eigenvalue weighted by atomic mass is 10.2. The zero-order valence-corrected chi connectivity index (χ0v) is 10.1. The summed E-state index contributed by atoms with van der Waals surface area (Å²) >= 11 is 0. The van der Waals surface area contributed by atoms with Crippen LogP contribution in [-0.2, 0) is 6.54 Å². The molecule has 6 heteroatoms. The van der Waals surface area contributed by atoms with Crippen LogP contribution in [-0.4, -0.2) is 26.1 Å². The summed E-state index contributed by atoms with van der Waals surface area (Å²) in [6, 6.07) is 0. The second-order valence-corrected chi connectivity index (χ2v) is 4.10. The van der Waals surface area contributed by atoms with Gasteiger partial charge in [-0.05, 0) is 20.3 Å². The number of nitrogens with zero attached hydrogens (tertiary/aromatic N) is 3. The molecule has 0 amide bonds. The molecule has 2 heterocycles. The van der Waals surface area contributed by atoms with Crippen molar-refractivity contribution in [2.24, 2.45) is 0 Å². The van der Waals surface area contributed by atoms with E-state index in [1.165, 1.54) is 4.68 Å². The topological polar surface area (TPSA) is 81.2 Å². The van der Waals surface area contributed by atoms with E-state index in [1.807, 2.05) is 6.92 Å². The van der Waals surface area contributed by atoms with E-state index in [0.29, 0.717) is 23.3 Å². The highest BCUT2D eigenvalue weighted by molar-refractivity contribution is 5.81. The molecule has 2 rings (SSSR count). The maximum absolute atomic E-state index is 12.0. The Morgan fingerprint density at radius 1 is 1.47 bits per heavy atom. The van der Waals surface area contributed by atoms with Gasteiger partial charge < -0.3 is 9.63 Å². The number of fused-ring (bicyclic) bond motifs is 1. The minimum atomic E-state index is -0.579. The molecule has 0 saturated heterocycles. The van der Waals surface area contributed by atoms with E-state index in [1.54, 1.807) is 13.8 Å². The van der Waals surface area contributed by atoms with Gasteiger partial charge in [0.05, 0.1) is 23.7 Å². The van der Waals surface area contributed by atoms with Crippen molar-refractivity contribution >= 4 is 10.9 Å². The lowest BCUT2D eigenvalue weighted by Gasteiger charge is -2.09. The summed E-state index contributed by atoms with van der Waals surface area (Å²) in [6.45, 7) is 5.56. The lowest BCUT2D eigenvalue weighted by molar-refractivity contribution is 0.143. The molecule has 0 aliphatic rings.